The molecule has 0 bridgehead atoms. The van der Waals surface area contributed by atoms with Gasteiger partial charge in [-0.2, -0.15) is 0 Å². The lowest BCUT2D eigenvalue weighted by Crippen LogP contribution is -2.11. The Labute approximate surface area is 304 Å². The second-order valence-electron chi connectivity index (χ2n) is 13.3. The summed E-state index contributed by atoms with van der Waals surface area (Å²) in [6.45, 7) is 0. The van der Waals surface area contributed by atoms with Crippen LogP contribution in [0.25, 0.3) is 75.2 Å². The van der Waals surface area contributed by atoms with Crippen molar-refractivity contribution in [1.29, 1.82) is 0 Å². The third-order valence-corrected chi connectivity index (χ3v) is 11.6. The van der Waals surface area contributed by atoms with Gasteiger partial charge in [0.25, 0.3) is 0 Å². The van der Waals surface area contributed by atoms with Crippen molar-refractivity contribution < 1.29 is 0 Å². The van der Waals surface area contributed by atoms with Gasteiger partial charge in [0.1, 0.15) is 0 Å². The minimum atomic E-state index is 1.11. The maximum absolute atomic E-state index is 2.49. The summed E-state index contributed by atoms with van der Waals surface area (Å²) < 4.78 is 7.37. The van der Waals surface area contributed by atoms with Crippen molar-refractivity contribution in [3.8, 4) is 11.4 Å². The molecule has 244 valence electrons. The molecule has 0 radical (unpaired) electrons. The van der Waals surface area contributed by atoms with Crippen LogP contribution < -0.4 is 4.90 Å². The molecular weight excluding hydrogens is 651 g/mol. The Bertz CT molecular complexity index is 3080. The van der Waals surface area contributed by atoms with E-state index in [1.807, 2.05) is 11.3 Å². The van der Waals surface area contributed by atoms with Crippen molar-refractivity contribution in [3.63, 3.8) is 0 Å². The third kappa shape index (κ3) is 4.25. The summed E-state index contributed by atoms with van der Waals surface area (Å²) in [6.07, 6.45) is 0. The van der Waals surface area contributed by atoms with E-state index in [2.05, 4.69) is 202 Å². The van der Waals surface area contributed by atoms with Gasteiger partial charge in [-0.1, -0.05) is 103 Å². The van der Waals surface area contributed by atoms with E-state index in [9.17, 15) is 0 Å². The molecule has 0 aliphatic heterocycles. The fraction of sp³-hybridized carbons (Fsp3) is 0. The summed E-state index contributed by atoms with van der Waals surface area (Å²) in [5.41, 5.74) is 10.5. The van der Waals surface area contributed by atoms with E-state index >= 15 is 0 Å². The zero-order valence-corrected chi connectivity index (χ0v) is 29.0. The highest BCUT2D eigenvalue weighted by atomic mass is 32.1. The van der Waals surface area contributed by atoms with E-state index < -0.39 is 0 Å². The van der Waals surface area contributed by atoms with E-state index in [1.165, 1.54) is 69.5 Å². The molecule has 0 fully saturated rings. The van der Waals surface area contributed by atoms with Crippen LogP contribution in [0.2, 0.25) is 0 Å². The minimum absolute atomic E-state index is 1.11. The van der Waals surface area contributed by atoms with Crippen molar-refractivity contribution in [2.24, 2.45) is 0 Å². The molecule has 0 saturated heterocycles. The summed E-state index contributed by atoms with van der Waals surface area (Å²) in [4.78, 5) is 2.49. The van der Waals surface area contributed by atoms with Gasteiger partial charge in [0, 0.05) is 58.8 Å². The Morgan fingerprint density at radius 1 is 0.327 bits per heavy atom. The molecule has 0 aliphatic rings. The molecule has 0 spiro atoms. The summed E-state index contributed by atoms with van der Waals surface area (Å²) in [5, 5.41) is 7.54. The lowest BCUT2D eigenvalue weighted by atomic mass is 10.1. The van der Waals surface area contributed by atoms with Crippen LogP contribution in [0, 0.1) is 0 Å². The summed E-state index contributed by atoms with van der Waals surface area (Å²) in [7, 11) is 0. The van der Waals surface area contributed by atoms with E-state index in [-0.39, 0.29) is 0 Å². The molecule has 8 aromatic carbocycles. The van der Waals surface area contributed by atoms with Crippen molar-refractivity contribution in [2.45, 2.75) is 0 Å². The number of rotatable bonds is 5. The molecule has 0 atom stereocenters. The summed E-state index contributed by atoms with van der Waals surface area (Å²) >= 11 is 1.86. The van der Waals surface area contributed by atoms with Gasteiger partial charge in [-0.05, 0) is 84.9 Å². The lowest BCUT2D eigenvalue weighted by Gasteiger charge is -2.28. The van der Waals surface area contributed by atoms with E-state index in [4.69, 9.17) is 0 Å². The van der Waals surface area contributed by atoms with E-state index in [1.54, 1.807) is 0 Å². The molecular formula is C48H31N3S. The van der Waals surface area contributed by atoms with Gasteiger partial charge in [-0.25, -0.2) is 0 Å². The number of para-hydroxylation sites is 4. The van der Waals surface area contributed by atoms with Crippen molar-refractivity contribution >= 4 is 92.2 Å². The lowest BCUT2D eigenvalue weighted by molar-refractivity contribution is 1.17. The van der Waals surface area contributed by atoms with E-state index in [0.717, 1.165) is 22.7 Å². The number of benzene rings is 8. The normalized spacial score (nSPS) is 11.8. The minimum Gasteiger partial charge on any atom is -0.309 e. The maximum atomic E-state index is 2.49. The second kappa shape index (κ2) is 11.5. The summed E-state index contributed by atoms with van der Waals surface area (Å²) in [5.74, 6) is 0. The zero-order valence-electron chi connectivity index (χ0n) is 28.1. The predicted octanol–water partition coefficient (Wildman–Crippen LogP) is 13.7. The number of nitrogens with zero attached hydrogens (tertiary/aromatic N) is 3. The van der Waals surface area contributed by atoms with Gasteiger partial charge in [-0.3, -0.25) is 0 Å². The first kappa shape index (κ1) is 29.1. The van der Waals surface area contributed by atoms with Crippen LogP contribution in [0.1, 0.15) is 0 Å². The third-order valence-electron chi connectivity index (χ3n) is 10.5. The molecule has 0 aliphatic carbocycles. The molecule has 0 unspecified atom stereocenters. The average Bonchev–Trinajstić information content (AvgIpc) is 3.87. The fourth-order valence-corrected chi connectivity index (χ4v) is 9.47. The van der Waals surface area contributed by atoms with Crippen LogP contribution in [0.3, 0.4) is 0 Å². The predicted molar refractivity (Wildman–Crippen MR) is 223 cm³/mol. The highest BCUT2D eigenvalue weighted by Gasteiger charge is 2.23. The SMILES string of the molecule is c1ccc(-n2c3ccccc3c3c(N(c4ccc(-n5c6ccccc6c6ccccc65)cc4)c4cccc5sc6ccccc6c45)cccc32)cc1. The molecule has 11 rings (SSSR count). The number of aromatic nitrogens is 2. The Morgan fingerprint density at radius 2 is 0.808 bits per heavy atom. The molecule has 3 nitrogen and oxygen atoms in total. The molecule has 0 saturated carbocycles. The maximum Gasteiger partial charge on any atom is 0.0562 e. The number of anilines is 3. The first-order valence-corrected chi connectivity index (χ1v) is 18.5. The largest absolute Gasteiger partial charge is 0.309 e. The van der Waals surface area contributed by atoms with Crippen LogP contribution >= 0.6 is 11.3 Å². The van der Waals surface area contributed by atoms with E-state index in [0.29, 0.717) is 0 Å². The quantitative estimate of drug-likeness (QED) is 0.176. The molecule has 0 amide bonds. The fourth-order valence-electron chi connectivity index (χ4n) is 8.34. The smallest absolute Gasteiger partial charge is 0.0562 e. The Morgan fingerprint density at radius 3 is 1.52 bits per heavy atom. The Hall–Kier alpha value is -6.62. The number of thiophene rings is 1. The van der Waals surface area contributed by atoms with Crippen molar-refractivity contribution in [2.75, 3.05) is 4.90 Å². The summed E-state index contributed by atoms with van der Waals surface area (Å²) in [6, 6.07) is 68.4. The topological polar surface area (TPSA) is 13.1 Å². The number of fused-ring (bicyclic) bond motifs is 9. The molecule has 4 heteroatoms. The van der Waals surface area contributed by atoms with Gasteiger partial charge in [0.2, 0.25) is 0 Å². The Balaban J connectivity index is 1.20. The van der Waals surface area contributed by atoms with Gasteiger partial charge < -0.3 is 14.0 Å². The molecule has 0 N–H and O–H groups in total. The first-order chi connectivity index (χ1) is 25.8. The standard InChI is InChI=1S/C48H31N3S/c1-2-14-32(15-3-1)50-41-22-10-6-18-37(41)47-42(50)23-12-24-43(47)51(44-25-13-27-46-48(44)38-19-7-11-26-45(38)52-46)34-30-28-33(29-31-34)49-39-20-8-4-16-35(39)36-17-5-9-21-40(36)49/h1-31H. The number of hydrogen-bond donors (Lipinski definition) is 0. The number of hydrogen-bond acceptors (Lipinski definition) is 2. The van der Waals surface area contributed by atoms with Gasteiger partial charge in [-0.15, -0.1) is 11.3 Å². The Kier molecular flexibility index (Phi) is 6.42. The van der Waals surface area contributed by atoms with Gasteiger partial charge in [0.15, 0.2) is 0 Å². The molecule has 3 aromatic heterocycles. The highest BCUT2D eigenvalue weighted by Crippen LogP contribution is 2.48. The van der Waals surface area contributed by atoms with Gasteiger partial charge in [0.05, 0.1) is 33.4 Å². The van der Waals surface area contributed by atoms with Crippen LogP contribution in [0.5, 0.6) is 0 Å². The molecule has 52 heavy (non-hydrogen) atoms. The molecule has 11 aromatic rings. The van der Waals surface area contributed by atoms with Gasteiger partial charge >= 0.3 is 0 Å². The molecule has 3 heterocycles. The van der Waals surface area contributed by atoms with Crippen molar-refractivity contribution in [3.05, 3.63) is 188 Å². The monoisotopic (exact) mass is 681 g/mol. The van der Waals surface area contributed by atoms with Crippen molar-refractivity contribution in [1.82, 2.24) is 9.13 Å². The van der Waals surface area contributed by atoms with Crippen LogP contribution in [-0.4, -0.2) is 9.13 Å². The first-order valence-electron chi connectivity index (χ1n) is 17.7. The van der Waals surface area contributed by atoms with Crippen LogP contribution in [0.15, 0.2) is 188 Å². The van der Waals surface area contributed by atoms with Crippen LogP contribution in [0.4, 0.5) is 17.1 Å². The highest BCUT2D eigenvalue weighted by molar-refractivity contribution is 7.26. The zero-order chi connectivity index (χ0) is 34.2. The van der Waals surface area contributed by atoms with Crippen LogP contribution in [-0.2, 0) is 0 Å². The second-order valence-corrected chi connectivity index (χ2v) is 14.4. The average molecular weight is 682 g/mol.